The van der Waals surface area contributed by atoms with E-state index in [2.05, 4.69) is 33.0 Å². The molecular formula is C35H34BrN5O6. The molecule has 11 nitrogen and oxygen atoms in total. The molecule has 5 aromatic rings. The number of hydrogen-bond donors (Lipinski definition) is 1. The average Bonchev–Trinajstić information content (AvgIpc) is 3.10. The summed E-state index contributed by atoms with van der Waals surface area (Å²) in [6.07, 6.45) is 0. The molecule has 0 atom stereocenters. The van der Waals surface area contributed by atoms with Crippen LogP contribution in [-0.2, 0) is 31.5 Å². The summed E-state index contributed by atoms with van der Waals surface area (Å²) < 4.78 is 0. The van der Waals surface area contributed by atoms with Gasteiger partial charge >= 0.3 is 0 Å². The van der Waals surface area contributed by atoms with Crippen molar-refractivity contribution in [2.45, 2.75) is 31.5 Å². The molecule has 0 heterocycles. The topological polar surface area (TPSA) is 159 Å². The molecule has 0 aliphatic carbocycles. The lowest BCUT2D eigenvalue weighted by molar-refractivity contribution is -0.385. The van der Waals surface area contributed by atoms with Crippen molar-refractivity contribution in [2.75, 3.05) is 0 Å². The maximum absolute atomic E-state index is 10.8. The monoisotopic (exact) mass is 699 g/mol. The van der Waals surface area contributed by atoms with Gasteiger partial charge in [0, 0.05) is 67.9 Å². The Balaban J connectivity index is 0.000000256. The van der Waals surface area contributed by atoms with E-state index in [-0.39, 0.29) is 17.1 Å². The Bertz CT molecular complexity index is 1630. The van der Waals surface area contributed by atoms with Crippen LogP contribution >= 0.6 is 15.9 Å². The number of nitrogens with zero attached hydrogens (tertiary/aromatic N) is 4. The highest BCUT2D eigenvalue weighted by atomic mass is 79.9. The van der Waals surface area contributed by atoms with Gasteiger partial charge in [0.15, 0.2) is 0 Å². The lowest BCUT2D eigenvalue weighted by Crippen LogP contribution is -2.22. The molecule has 0 saturated heterocycles. The minimum Gasteiger partial charge on any atom is -0.326 e. The third-order valence-electron chi connectivity index (χ3n) is 6.74. The lowest BCUT2D eigenvalue weighted by atomic mass is 10.1. The molecule has 12 heteroatoms. The van der Waals surface area contributed by atoms with Gasteiger partial charge in [0.2, 0.25) is 0 Å². The van der Waals surface area contributed by atoms with E-state index in [4.69, 9.17) is 5.73 Å². The van der Waals surface area contributed by atoms with Crippen LogP contribution in [-0.4, -0.2) is 19.7 Å². The summed E-state index contributed by atoms with van der Waals surface area (Å²) in [6, 6.07) is 39.5. The second-order valence-electron chi connectivity index (χ2n) is 10.2. The Morgan fingerprint density at radius 3 is 1.04 bits per heavy atom. The first-order valence-corrected chi connectivity index (χ1v) is 15.6. The van der Waals surface area contributed by atoms with Gasteiger partial charge in [0.1, 0.15) is 0 Å². The largest absolute Gasteiger partial charge is 0.326 e. The molecule has 47 heavy (non-hydrogen) atoms. The van der Waals surface area contributed by atoms with Gasteiger partial charge in [-0.3, -0.25) is 35.2 Å². The van der Waals surface area contributed by atoms with Crippen LogP contribution in [0.5, 0.6) is 0 Å². The molecule has 0 radical (unpaired) electrons. The van der Waals surface area contributed by atoms with Crippen LogP contribution in [0.1, 0.15) is 27.8 Å². The van der Waals surface area contributed by atoms with Crippen molar-refractivity contribution in [1.29, 1.82) is 0 Å². The van der Waals surface area contributed by atoms with Crippen LogP contribution in [0.25, 0.3) is 0 Å². The molecule has 0 spiro atoms. The van der Waals surface area contributed by atoms with Crippen LogP contribution in [0.3, 0.4) is 0 Å². The molecule has 0 aliphatic heterocycles. The molecule has 0 saturated carbocycles. The number of hydrogen-bond acceptors (Lipinski definition) is 8. The number of benzene rings is 5. The Morgan fingerprint density at radius 2 is 0.766 bits per heavy atom. The second kappa shape index (κ2) is 19.3. The summed E-state index contributed by atoms with van der Waals surface area (Å²) in [5.41, 5.74) is 10.8. The summed E-state index contributed by atoms with van der Waals surface area (Å²) in [7, 11) is 0. The average molecular weight is 701 g/mol. The van der Waals surface area contributed by atoms with Gasteiger partial charge in [0.25, 0.3) is 17.1 Å². The third kappa shape index (κ3) is 12.9. The molecule has 0 fully saturated rings. The van der Waals surface area contributed by atoms with Crippen LogP contribution < -0.4 is 5.73 Å². The van der Waals surface area contributed by atoms with Crippen molar-refractivity contribution < 1.29 is 14.8 Å². The minimum atomic E-state index is -0.430. The van der Waals surface area contributed by atoms with Gasteiger partial charge in [-0.2, -0.15) is 0 Å². The second-order valence-corrected chi connectivity index (χ2v) is 10.8. The van der Waals surface area contributed by atoms with Gasteiger partial charge in [-0.05, 0) is 27.8 Å². The predicted molar refractivity (Wildman–Crippen MR) is 186 cm³/mol. The van der Waals surface area contributed by atoms with Gasteiger partial charge in [-0.25, -0.2) is 0 Å². The first-order valence-electron chi connectivity index (χ1n) is 14.4. The normalized spacial score (nSPS) is 10.2. The summed E-state index contributed by atoms with van der Waals surface area (Å²) in [5, 5.41) is 32.8. The van der Waals surface area contributed by atoms with E-state index in [1.807, 2.05) is 48.5 Å². The first kappa shape index (κ1) is 36.2. The highest BCUT2D eigenvalue weighted by Gasteiger charge is 2.12. The predicted octanol–water partition coefficient (Wildman–Crippen LogP) is 8.34. The molecule has 0 aromatic heterocycles. The van der Waals surface area contributed by atoms with Crippen molar-refractivity contribution in [1.82, 2.24) is 4.90 Å². The zero-order valence-corrected chi connectivity index (χ0v) is 27.0. The Morgan fingerprint density at radius 1 is 0.468 bits per heavy atom. The molecule has 0 aliphatic rings. The molecule has 0 amide bonds. The van der Waals surface area contributed by atoms with Crippen molar-refractivity contribution in [2.24, 2.45) is 5.73 Å². The van der Waals surface area contributed by atoms with Crippen LogP contribution in [0.2, 0.25) is 0 Å². The standard InChI is InChI=1S/C21H19N3O4.C7H7Br.C7H8N2O2/c25-23(26)20-10-6-18(7-11-20)15-22(14-17-4-2-1-3-5-17)16-19-8-12-21(13-9-19)24(27)28;8-6-7-4-2-1-3-5-7;8-5-6-1-3-7(4-2-6)9(10)11/h1-13H,14-16H2;1-5H,6H2;1-4H,5,8H2. The zero-order chi connectivity index (χ0) is 34.0. The number of alkyl halides is 1. The van der Waals surface area contributed by atoms with Crippen molar-refractivity contribution >= 4 is 33.0 Å². The zero-order valence-electron chi connectivity index (χ0n) is 25.4. The number of rotatable bonds is 11. The van der Waals surface area contributed by atoms with Gasteiger partial charge in [-0.15, -0.1) is 0 Å². The fraction of sp³-hybridized carbons (Fsp3) is 0.143. The van der Waals surface area contributed by atoms with Gasteiger partial charge < -0.3 is 5.73 Å². The van der Waals surface area contributed by atoms with E-state index < -0.39 is 14.8 Å². The third-order valence-corrected chi connectivity index (χ3v) is 7.38. The van der Waals surface area contributed by atoms with E-state index in [0.717, 1.165) is 27.6 Å². The number of non-ortho nitro benzene ring substituents is 3. The number of halogens is 1. The maximum Gasteiger partial charge on any atom is 0.269 e. The number of nitrogens with two attached hydrogens (primary N) is 1. The SMILES string of the molecule is BrCc1ccccc1.NCc1ccc([N+](=O)[O-])cc1.O=[N+]([O-])c1ccc(CN(Cc2ccccc2)Cc2ccc([N+](=O)[O-])cc2)cc1. The van der Waals surface area contributed by atoms with Crippen molar-refractivity contribution in [3.05, 3.63) is 192 Å². The summed E-state index contributed by atoms with van der Waals surface area (Å²) >= 11 is 3.36. The Hall–Kier alpha value is -5.30. The van der Waals surface area contributed by atoms with E-state index in [0.29, 0.717) is 26.2 Å². The fourth-order valence-corrected chi connectivity index (χ4v) is 4.67. The molecule has 0 unspecified atom stereocenters. The minimum absolute atomic E-state index is 0.0636. The quantitative estimate of drug-likeness (QED) is 0.0818. The highest BCUT2D eigenvalue weighted by molar-refractivity contribution is 9.08. The summed E-state index contributed by atoms with van der Waals surface area (Å²) in [4.78, 5) is 32.8. The molecule has 5 aromatic carbocycles. The highest BCUT2D eigenvalue weighted by Crippen LogP contribution is 2.19. The van der Waals surface area contributed by atoms with E-state index in [9.17, 15) is 30.3 Å². The first-order chi connectivity index (χ1) is 22.7. The van der Waals surface area contributed by atoms with Crippen LogP contribution in [0.15, 0.2) is 133 Å². The van der Waals surface area contributed by atoms with Gasteiger partial charge in [-0.1, -0.05) is 113 Å². The molecular weight excluding hydrogens is 666 g/mol. The van der Waals surface area contributed by atoms with E-state index >= 15 is 0 Å². The molecule has 242 valence electrons. The lowest BCUT2D eigenvalue weighted by Gasteiger charge is -2.23. The smallest absolute Gasteiger partial charge is 0.269 e. The maximum atomic E-state index is 10.8. The van der Waals surface area contributed by atoms with Crippen molar-refractivity contribution in [3.8, 4) is 0 Å². The Kier molecular flexibility index (Phi) is 14.8. The molecule has 2 N–H and O–H groups in total. The summed E-state index contributed by atoms with van der Waals surface area (Å²) in [5.74, 6) is 0. The number of nitro groups is 3. The van der Waals surface area contributed by atoms with E-state index in [1.54, 1.807) is 36.4 Å². The van der Waals surface area contributed by atoms with Gasteiger partial charge in [0.05, 0.1) is 14.8 Å². The molecule has 0 bridgehead atoms. The van der Waals surface area contributed by atoms with Crippen LogP contribution in [0, 0.1) is 30.3 Å². The summed E-state index contributed by atoms with van der Waals surface area (Å²) in [6.45, 7) is 2.31. The number of nitro benzene ring substituents is 3. The fourth-order valence-electron chi connectivity index (χ4n) is 4.29. The van der Waals surface area contributed by atoms with E-state index in [1.165, 1.54) is 42.0 Å². The van der Waals surface area contributed by atoms with Crippen molar-refractivity contribution in [3.63, 3.8) is 0 Å². The Labute approximate surface area is 280 Å². The van der Waals surface area contributed by atoms with Crippen LogP contribution in [0.4, 0.5) is 17.1 Å². The molecule has 5 rings (SSSR count).